The van der Waals surface area contributed by atoms with E-state index in [1.54, 1.807) is 0 Å². The van der Waals surface area contributed by atoms with E-state index in [2.05, 4.69) is 50.0 Å². The molecule has 0 saturated carbocycles. The summed E-state index contributed by atoms with van der Waals surface area (Å²) < 4.78 is 0. The average Bonchev–Trinajstić information content (AvgIpc) is 2.11. The minimum Gasteiger partial charge on any atom is -0.312 e. The van der Waals surface area contributed by atoms with E-state index in [1.807, 2.05) is 0 Å². The molecule has 86 valence electrons. The Kier molecular flexibility index (Phi) is 8.14. The predicted molar refractivity (Wildman–Crippen MR) is 63.8 cm³/mol. The highest BCUT2D eigenvalue weighted by Gasteiger charge is 2.03. The Morgan fingerprint density at radius 2 is 1.71 bits per heavy atom. The molecule has 0 aliphatic heterocycles. The third-order valence-corrected chi connectivity index (χ3v) is 2.45. The maximum absolute atomic E-state index is 3.53. The first-order valence-electron chi connectivity index (χ1n) is 5.70. The standard InChI is InChI=1S/C11H27N3/c1-6-14(7-2)9-8-12-11(3)10-13(4)5/h11-12H,6-10H2,1-5H3. The fourth-order valence-corrected chi connectivity index (χ4v) is 1.62. The molecular formula is C11H27N3. The minimum atomic E-state index is 0.584. The van der Waals surface area contributed by atoms with Gasteiger partial charge in [0.05, 0.1) is 0 Å². The summed E-state index contributed by atoms with van der Waals surface area (Å²) in [5.74, 6) is 0. The Morgan fingerprint density at radius 3 is 2.14 bits per heavy atom. The van der Waals surface area contributed by atoms with Crippen molar-refractivity contribution in [3.05, 3.63) is 0 Å². The zero-order valence-corrected chi connectivity index (χ0v) is 10.5. The highest BCUT2D eigenvalue weighted by atomic mass is 15.1. The molecule has 0 heterocycles. The average molecular weight is 201 g/mol. The van der Waals surface area contributed by atoms with Gasteiger partial charge in [-0.15, -0.1) is 0 Å². The molecule has 14 heavy (non-hydrogen) atoms. The van der Waals surface area contributed by atoms with Crippen molar-refractivity contribution in [2.75, 3.05) is 46.8 Å². The van der Waals surface area contributed by atoms with E-state index in [9.17, 15) is 0 Å². The fraction of sp³-hybridized carbons (Fsp3) is 1.00. The summed E-state index contributed by atoms with van der Waals surface area (Å²) in [5, 5.41) is 3.53. The Balaban J connectivity index is 3.42. The summed E-state index contributed by atoms with van der Waals surface area (Å²) in [5.41, 5.74) is 0. The van der Waals surface area contributed by atoms with Gasteiger partial charge in [-0.1, -0.05) is 13.8 Å². The summed E-state index contributed by atoms with van der Waals surface area (Å²) in [6.07, 6.45) is 0. The van der Waals surface area contributed by atoms with Gasteiger partial charge < -0.3 is 15.1 Å². The molecule has 0 spiro atoms. The summed E-state index contributed by atoms with van der Waals surface area (Å²) >= 11 is 0. The molecule has 3 heteroatoms. The molecule has 0 aromatic heterocycles. The van der Waals surface area contributed by atoms with Crippen LogP contribution >= 0.6 is 0 Å². The normalized spacial score (nSPS) is 13.9. The summed E-state index contributed by atoms with van der Waals surface area (Å²) in [4.78, 5) is 4.66. The van der Waals surface area contributed by atoms with Crippen molar-refractivity contribution in [2.45, 2.75) is 26.8 Å². The van der Waals surface area contributed by atoms with E-state index < -0.39 is 0 Å². The van der Waals surface area contributed by atoms with E-state index in [0.717, 1.165) is 32.7 Å². The molecule has 0 aliphatic rings. The van der Waals surface area contributed by atoms with Gasteiger partial charge in [-0.25, -0.2) is 0 Å². The number of likely N-dealkylation sites (N-methyl/N-ethyl adjacent to an activating group) is 2. The molecule has 0 saturated heterocycles. The van der Waals surface area contributed by atoms with E-state index in [4.69, 9.17) is 0 Å². The third kappa shape index (κ3) is 7.30. The van der Waals surface area contributed by atoms with Crippen molar-refractivity contribution < 1.29 is 0 Å². The van der Waals surface area contributed by atoms with Gasteiger partial charge in [-0.3, -0.25) is 0 Å². The topological polar surface area (TPSA) is 18.5 Å². The summed E-state index contributed by atoms with van der Waals surface area (Å²) in [6, 6.07) is 0.584. The van der Waals surface area contributed by atoms with Crippen LogP contribution in [0.25, 0.3) is 0 Å². The molecule has 1 N–H and O–H groups in total. The number of hydrogen-bond acceptors (Lipinski definition) is 3. The van der Waals surface area contributed by atoms with Crippen LogP contribution in [-0.2, 0) is 0 Å². The van der Waals surface area contributed by atoms with Gasteiger partial charge in [0.25, 0.3) is 0 Å². The largest absolute Gasteiger partial charge is 0.312 e. The number of nitrogens with one attached hydrogen (secondary N) is 1. The van der Waals surface area contributed by atoms with Gasteiger partial charge in [0.2, 0.25) is 0 Å². The van der Waals surface area contributed by atoms with Gasteiger partial charge in [0.1, 0.15) is 0 Å². The fourth-order valence-electron chi connectivity index (χ4n) is 1.62. The highest BCUT2D eigenvalue weighted by Crippen LogP contribution is 1.87. The zero-order chi connectivity index (χ0) is 11.0. The summed E-state index contributed by atoms with van der Waals surface area (Å²) in [6.45, 7) is 12.3. The lowest BCUT2D eigenvalue weighted by atomic mass is 10.3. The van der Waals surface area contributed by atoms with Crippen molar-refractivity contribution in [1.82, 2.24) is 15.1 Å². The van der Waals surface area contributed by atoms with Crippen LogP contribution in [0.1, 0.15) is 20.8 Å². The van der Waals surface area contributed by atoms with Crippen LogP contribution in [-0.4, -0.2) is 62.7 Å². The minimum absolute atomic E-state index is 0.584. The van der Waals surface area contributed by atoms with Gasteiger partial charge in [-0.05, 0) is 34.1 Å². The molecule has 3 nitrogen and oxygen atoms in total. The van der Waals surface area contributed by atoms with Gasteiger partial charge in [0.15, 0.2) is 0 Å². The SMILES string of the molecule is CCN(CC)CCNC(C)CN(C)C. The van der Waals surface area contributed by atoms with Crippen LogP contribution in [0.2, 0.25) is 0 Å². The number of rotatable bonds is 8. The first-order chi connectivity index (χ1) is 6.60. The van der Waals surface area contributed by atoms with Crippen molar-refractivity contribution in [3.8, 4) is 0 Å². The monoisotopic (exact) mass is 201 g/mol. The Hall–Kier alpha value is -0.120. The molecule has 0 amide bonds. The lowest BCUT2D eigenvalue weighted by Gasteiger charge is -2.22. The molecule has 0 aromatic rings. The second-order valence-electron chi connectivity index (χ2n) is 4.14. The van der Waals surface area contributed by atoms with Crippen LogP contribution in [0, 0.1) is 0 Å². The number of nitrogens with zero attached hydrogens (tertiary/aromatic N) is 2. The van der Waals surface area contributed by atoms with Crippen molar-refractivity contribution >= 4 is 0 Å². The maximum atomic E-state index is 3.53. The molecule has 0 bridgehead atoms. The van der Waals surface area contributed by atoms with Crippen LogP contribution in [0.15, 0.2) is 0 Å². The van der Waals surface area contributed by atoms with Crippen molar-refractivity contribution in [1.29, 1.82) is 0 Å². The van der Waals surface area contributed by atoms with Crippen molar-refractivity contribution in [2.24, 2.45) is 0 Å². The molecule has 0 aliphatic carbocycles. The van der Waals surface area contributed by atoms with E-state index in [-0.39, 0.29) is 0 Å². The zero-order valence-electron chi connectivity index (χ0n) is 10.5. The van der Waals surface area contributed by atoms with E-state index >= 15 is 0 Å². The lowest BCUT2D eigenvalue weighted by Crippen LogP contribution is -2.40. The van der Waals surface area contributed by atoms with Crippen LogP contribution < -0.4 is 5.32 Å². The molecular weight excluding hydrogens is 174 g/mol. The Labute approximate surface area is 89.5 Å². The van der Waals surface area contributed by atoms with Crippen molar-refractivity contribution in [3.63, 3.8) is 0 Å². The molecule has 0 radical (unpaired) electrons. The Bertz CT molecular complexity index is 122. The molecule has 0 aromatic carbocycles. The van der Waals surface area contributed by atoms with Crippen LogP contribution in [0.3, 0.4) is 0 Å². The predicted octanol–water partition coefficient (Wildman–Crippen LogP) is 0.868. The molecule has 0 rings (SSSR count). The van der Waals surface area contributed by atoms with Crippen LogP contribution in [0.5, 0.6) is 0 Å². The second-order valence-corrected chi connectivity index (χ2v) is 4.14. The first kappa shape index (κ1) is 13.9. The second kappa shape index (κ2) is 8.21. The molecule has 0 fully saturated rings. The molecule has 1 unspecified atom stereocenters. The van der Waals surface area contributed by atoms with Gasteiger partial charge >= 0.3 is 0 Å². The molecule has 1 atom stereocenters. The third-order valence-electron chi connectivity index (χ3n) is 2.45. The van der Waals surface area contributed by atoms with Crippen LogP contribution in [0.4, 0.5) is 0 Å². The quantitative estimate of drug-likeness (QED) is 0.628. The maximum Gasteiger partial charge on any atom is 0.0167 e. The highest BCUT2D eigenvalue weighted by molar-refractivity contribution is 4.64. The smallest absolute Gasteiger partial charge is 0.0167 e. The van der Waals surface area contributed by atoms with E-state index in [0.29, 0.717) is 6.04 Å². The van der Waals surface area contributed by atoms with Gasteiger partial charge in [0, 0.05) is 25.7 Å². The van der Waals surface area contributed by atoms with Gasteiger partial charge in [-0.2, -0.15) is 0 Å². The first-order valence-corrected chi connectivity index (χ1v) is 5.70. The Morgan fingerprint density at radius 1 is 1.14 bits per heavy atom. The summed E-state index contributed by atoms with van der Waals surface area (Å²) in [7, 11) is 4.23. The lowest BCUT2D eigenvalue weighted by molar-refractivity contribution is 0.286. The van der Waals surface area contributed by atoms with E-state index in [1.165, 1.54) is 0 Å². The number of hydrogen-bond donors (Lipinski definition) is 1.